The lowest BCUT2D eigenvalue weighted by molar-refractivity contribution is -0.118. The normalized spacial score (nSPS) is 11.3. The second-order valence-corrected chi connectivity index (χ2v) is 9.43. The number of para-hydroxylation sites is 1. The maximum atomic E-state index is 13.5. The number of phenolic OH excluding ortho intramolecular Hbond substituents is 1. The van der Waals surface area contributed by atoms with Crippen LogP contribution in [0.15, 0.2) is 91.0 Å². The molecule has 8 nitrogen and oxygen atoms in total. The van der Waals surface area contributed by atoms with E-state index in [1.165, 1.54) is 12.1 Å². The van der Waals surface area contributed by atoms with Gasteiger partial charge < -0.3 is 25.8 Å². The zero-order chi connectivity index (χ0) is 28.6. The van der Waals surface area contributed by atoms with E-state index in [9.17, 15) is 19.5 Å². The van der Waals surface area contributed by atoms with Gasteiger partial charge in [-0.25, -0.2) is 0 Å². The van der Waals surface area contributed by atoms with Crippen molar-refractivity contribution in [1.82, 2.24) is 5.32 Å². The lowest BCUT2D eigenvalue weighted by Crippen LogP contribution is -2.45. The molecule has 0 heterocycles. The van der Waals surface area contributed by atoms with Crippen LogP contribution in [0.2, 0.25) is 0 Å². The number of anilines is 2. The summed E-state index contributed by atoms with van der Waals surface area (Å²) in [6, 6.07) is 24.4. The Morgan fingerprint density at radius 3 is 2.17 bits per heavy atom. The largest absolute Gasteiger partial charge is 0.508 e. The van der Waals surface area contributed by atoms with Crippen LogP contribution in [0.5, 0.6) is 11.5 Å². The molecule has 0 aliphatic heterocycles. The van der Waals surface area contributed by atoms with Crippen molar-refractivity contribution in [3.63, 3.8) is 0 Å². The molecule has 0 radical (unpaired) electrons. The number of carbonyl (C=O) groups is 3. The summed E-state index contributed by atoms with van der Waals surface area (Å²) in [5.74, 6) is -0.588. The average molecular weight is 538 g/mol. The fourth-order valence-electron chi connectivity index (χ4n) is 4.21. The zero-order valence-electron chi connectivity index (χ0n) is 22.5. The molecule has 204 valence electrons. The molecule has 0 aliphatic rings. The fourth-order valence-corrected chi connectivity index (χ4v) is 4.21. The molecule has 4 rings (SSSR count). The molecular formula is C32H31N3O5. The van der Waals surface area contributed by atoms with Crippen molar-refractivity contribution in [1.29, 1.82) is 0 Å². The highest BCUT2D eigenvalue weighted by Gasteiger charge is 2.24. The Kier molecular flexibility index (Phi) is 8.81. The van der Waals surface area contributed by atoms with Crippen molar-refractivity contribution in [2.24, 2.45) is 0 Å². The van der Waals surface area contributed by atoms with Gasteiger partial charge in [0.15, 0.2) is 0 Å². The molecule has 0 bridgehead atoms. The number of methoxy groups -OCH3 is 1. The Morgan fingerprint density at radius 1 is 0.800 bits per heavy atom. The maximum absolute atomic E-state index is 13.5. The van der Waals surface area contributed by atoms with E-state index in [0.717, 1.165) is 16.7 Å². The average Bonchev–Trinajstić information content (AvgIpc) is 2.95. The van der Waals surface area contributed by atoms with E-state index in [1.54, 1.807) is 67.8 Å². The first kappa shape index (κ1) is 27.9. The van der Waals surface area contributed by atoms with E-state index in [4.69, 9.17) is 4.74 Å². The predicted octanol–water partition coefficient (Wildman–Crippen LogP) is 5.25. The third-order valence-corrected chi connectivity index (χ3v) is 6.41. The number of phenols is 1. The van der Waals surface area contributed by atoms with Crippen molar-refractivity contribution >= 4 is 29.1 Å². The minimum absolute atomic E-state index is 0.102. The fraction of sp³-hybridized carbons (Fsp3) is 0.156. The zero-order valence-corrected chi connectivity index (χ0v) is 22.5. The van der Waals surface area contributed by atoms with Crippen molar-refractivity contribution in [2.75, 3.05) is 17.7 Å². The predicted molar refractivity (Wildman–Crippen MR) is 155 cm³/mol. The van der Waals surface area contributed by atoms with Crippen LogP contribution < -0.4 is 20.7 Å². The molecule has 8 heteroatoms. The first-order valence-corrected chi connectivity index (χ1v) is 12.7. The standard InChI is InChI=1S/C32H31N3O5/c1-20-8-17-27(21(2)18-20)33-32(39)29(19-22-9-13-24(36)14-10-22)35-31(38)26-6-4-5-7-28(26)34-30(37)23-11-15-25(40-3)16-12-23/h4-18,29,36H,19H2,1-3H3,(H,33,39)(H,34,37)(H,35,38). The Morgan fingerprint density at radius 2 is 1.50 bits per heavy atom. The van der Waals surface area contributed by atoms with E-state index in [0.29, 0.717) is 22.7 Å². The van der Waals surface area contributed by atoms with Crippen LogP contribution in [-0.4, -0.2) is 36.0 Å². The molecule has 0 saturated heterocycles. The topological polar surface area (TPSA) is 117 Å². The first-order chi connectivity index (χ1) is 19.2. The highest BCUT2D eigenvalue weighted by atomic mass is 16.5. The second-order valence-electron chi connectivity index (χ2n) is 9.43. The van der Waals surface area contributed by atoms with Crippen LogP contribution in [0, 0.1) is 13.8 Å². The summed E-state index contributed by atoms with van der Waals surface area (Å²) < 4.78 is 5.14. The van der Waals surface area contributed by atoms with E-state index >= 15 is 0 Å². The molecular weight excluding hydrogens is 506 g/mol. The molecule has 0 saturated carbocycles. The van der Waals surface area contributed by atoms with Gasteiger partial charge in [-0.2, -0.15) is 0 Å². The summed E-state index contributed by atoms with van der Waals surface area (Å²) in [6.45, 7) is 3.87. The van der Waals surface area contributed by atoms with Crippen molar-refractivity contribution in [3.05, 3.63) is 119 Å². The lowest BCUT2D eigenvalue weighted by atomic mass is 10.0. The molecule has 0 spiro atoms. The molecule has 40 heavy (non-hydrogen) atoms. The molecule has 1 unspecified atom stereocenters. The third kappa shape index (κ3) is 7.05. The van der Waals surface area contributed by atoms with Gasteiger partial charge in [0.25, 0.3) is 11.8 Å². The Hall–Kier alpha value is -5.11. The van der Waals surface area contributed by atoms with Crippen molar-refractivity contribution in [3.8, 4) is 11.5 Å². The summed E-state index contributed by atoms with van der Waals surface area (Å²) in [7, 11) is 1.54. The number of carbonyl (C=O) groups excluding carboxylic acids is 3. The van der Waals surface area contributed by atoms with Crippen LogP contribution in [-0.2, 0) is 11.2 Å². The number of aromatic hydroxyl groups is 1. The van der Waals surface area contributed by atoms with Gasteiger partial charge >= 0.3 is 0 Å². The number of hydrogen-bond donors (Lipinski definition) is 4. The summed E-state index contributed by atoms with van der Waals surface area (Å²) in [5.41, 5.74) is 4.27. The molecule has 1 atom stereocenters. The van der Waals surface area contributed by atoms with Crippen molar-refractivity contribution in [2.45, 2.75) is 26.3 Å². The number of amides is 3. The summed E-state index contributed by atoms with van der Waals surface area (Å²) in [5, 5.41) is 18.2. The summed E-state index contributed by atoms with van der Waals surface area (Å²) in [6.07, 6.45) is 0.184. The lowest BCUT2D eigenvalue weighted by Gasteiger charge is -2.20. The van der Waals surface area contributed by atoms with Crippen LogP contribution in [0.1, 0.15) is 37.4 Å². The molecule has 0 fully saturated rings. The van der Waals surface area contributed by atoms with Gasteiger partial charge in [0, 0.05) is 17.7 Å². The van der Waals surface area contributed by atoms with Gasteiger partial charge in [-0.1, -0.05) is 42.0 Å². The van der Waals surface area contributed by atoms with Gasteiger partial charge in [0.1, 0.15) is 17.5 Å². The van der Waals surface area contributed by atoms with Crippen LogP contribution in [0.25, 0.3) is 0 Å². The number of nitrogens with one attached hydrogen (secondary N) is 3. The van der Waals surface area contributed by atoms with Gasteiger partial charge in [-0.05, 0) is 79.6 Å². The van der Waals surface area contributed by atoms with Crippen molar-refractivity contribution < 1.29 is 24.2 Å². The Balaban J connectivity index is 1.56. The first-order valence-electron chi connectivity index (χ1n) is 12.7. The van der Waals surface area contributed by atoms with Gasteiger partial charge in [0.2, 0.25) is 5.91 Å². The monoisotopic (exact) mass is 537 g/mol. The summed E-state index contributed by atoms with van der Waals surface area (Å²) >= 11 is 0. The van der Waals surface area contributed by atoms with Gasteiger partial charge in [0.05, 0.1) is 18.4 Å². The van der Waals surface area contributed by atoms with E-state index in [1.807, 2.05) is 32.0 Å². The van der Waals surface area contributed by atoms with E-state index in [2.05, 4.69) is 16.0 Å². The number of benzene rings is 4. The quantitative estimate of drug-likeness (QED) is 0.233. The third-order valence-electron chi connectivity index (χ3n) is 6.41. The summed E-state index contributed by atoms with van der Waals surface area (Å²) in [4.78, 5) is 39.8. The maximum Gasteiger partial charge on any atom is 0.255 e. The smallest absolute Gasteiger partial charge is 0.255 e. The molecule has 4 N–H and O–H groups in total. The number of hydrogen-bond acceptors (Lipinski definition) is 5. The van der Waals surface area contributed by atoms with E-state index < -0.39 is 23.8 Å². The van der Waals surface area contributed by atoms with Gasteiger partial charge in [-0.15, -0.1) is 0 Å². The SMILES string of the molecule is COc1ccc(C(=O)Nc2ccccc2C(=O)NC(Cc2ccc(O)cc2)C(=O)Nc2ccc(C)cc2C)cc1. The molecule has 0 aromatic heterocycles. The minimum atomic E-state index is -0.942. The number of aryl methyl sites for hydroxylation is 2. The molecule has 4 aromatic carbocycles. The second kappa shape index (κ2) is 12.6. The Bertz CT molecular complexity index is 1510. The number of rotatable bonds is 9. The molecule has 4 aromatic rings. The van der Waals surface area contributed by atoms with Crippen LogP contribution in [0.3, 0.4) is 0 Å². The molecule has 0 aliphatic carbocycles. The van der Waals surface area contributed by atoms with Crippen LogP contribution >= 0.6 is 0 Å². The number of ether oxygens (including phenoxy) is 1. The van der Waals surface area contributed by atoms with Crippen LogP contribution in [0.4, 0.5) is 11.4 Å². The Labute approximate surface area is 233 Å². The highest BCUT2D eigenvalue weighted by molar-refractivity contribution is 6.10. The highest BCUT2D eigenvalue weighted by Crippen LogP contribution is 2.20. The minimum Gasteiger partial charge on any atom is -0.508 e. The van der Waals surface area contributed by atoms with E-state index in [-0.39, 0.29) is 17.7 Å². The molecule has 3 amide bonds. The van der Waals surface area contributed by atoms with Gasteiger partial charge in [-0.3, -0.25) is 14.4 Å².